The van der Waals surface area contributed by atoms with Gasteiger partial charge in [0.1, 0.15) is 0 Å². The Hall–Kier alpha value is -0.690. The van der Waals surface area contributed by atoms with Crippen molar-refractivity contribution < 1.29 is 0 Å². The first-order chi connectivity index (χ1) is 9.17. The molecular formula is C13H16Br2N4. The number of rotatable bonds is 5. The Balaban J connectivity index is 2.44. The second-order valence-corrected chi connectivity index (χ2v) is 6.03. The van der Waals surface area contributed by atoms with Crippen LogP contribution in [0.2, 0.25) is 0 Å². The van der Waals surface area contributed by atoms with Crippen LogP contribution in [0.3, 0.4) is 0 Å². The third-order valence-corrected chi connectivity index (χ3v) is 4.00. The minimum Gasteiger partial charge on any atom is -0.271 e. The molecule has 0 saturated heterocycles. The molecule has 2 aromatic rings. The van der Waals surface area contributed by atoms with Crippen LogP contribution in [0, 0.1) is 0 Å². The molecule has 0 aliphatic heterocycles. The van der Waals surface area contributed by atoms with Crippen LogP contribution < -0.4 is 11.3 Å². The van der Waals surface area contributed by atoms with Gasteiger partial charge in [-0.25, -0.2) is 5.43 Å². The highest BCUT2D eigenvalue weighted by Gasteiger charge is 2.20. The summed E-state index contributed by atoms with van der Waals surface area (Å²) >= 11 is 7.04. The van der Waals surface area contributed by atoms with Gasteiger partial charge < -0.3 is 0 Å². The van der Waals surface area contributed by atoms with Gasteiger partial charge >= 0.3 is 0 Å². The summed E-state index contributed by atoms with van der Waals surface area (Å²) < 4.78 is 3.97. The van der Waals surface area contributed by atoms with Crippen LogP contribution in [0.1, 0.15) is 30.6 Å². The molecule has 4 nitrogen and oxygen atoms in total. The molecule has 0 fully saturated rings. The number of hydrogen-bond acceptors (Lipinski definition) is 3. The minimum atomic E-state index is -0.0964. The molecule has 2 rings (SSSR count). The third-order valence-electron chi connectivity index (χ3n) is 2.89. The molecule has 0 spiro atoms. The molecule has 1 aromatic heterocycles. The first kappa shape index (κ1) is 14.7. The minimum absolute atomic E-state index is 0.0964. The summed E-state index contributed by atoms with van der Waals surface area (Å²) in [6, 6.07) is 8.00. The number of aryl methyl sites for hydroxylation is 1. The lowest BCUT2D eigenvalue weighted by atomic mass is 10.0. The molecular weight excluding hydrogens is 372 g/mol. The second kappa shape index (κ2) is 6.65. The van der Waals surface area contributed by atoms with Gasteiger partial charge in [0, 0.05) is 11.0 Å². The molecule has 3 N–H and O–H groups in total. The van der Waals surface area contributed by atoms with Gasteiger partial charge in [-0.1, -0.05) is 35.0 Å². The monoisotopic (exact) mass is 386 g/mol. The van der Waals surface area contributed by atoms with E-state index < -0.39 is 0 Å². The van der Waals surface area contributed by atoms with Crippen molar-refractivity contribution in [1.82, 2.24) is 15.2 Å². The Morgan fingerprint density at radius 2 is 2.21 bits per heavy atom. The molecule has 1 aromatic carbocycles. The molecule has 0 radical (unpaired) electrons. The van der Waals surface area contributed by atoms with Crippen LogP contribution >= 0.6 is 31.9 Å². The number of benzene rings is 1. The highest BCUT2D eigenvalue weighted by molar-refractivity contribution is 9.10. The van der Waals surface area contributed by atoms with Gasteiger partial charge in [0.2, 0.25) is 0 Å². The van der Waals surface area contributed by atoms with Crippen LogP contribution in [0.4, 0.5) is 0 Å². The van der Waals surface area contributed by atoms with Crippen molar-refractivity contribution in [2.24, 2.45) is 5.84 Å². The van der Waals surface area contributed by atoms with Gasteiger partial charge in [-0.2, -0.15) is 5.10 Å². The number of hydrogen-bond donors (Lipinski definition) is 2. The van der Waals surface area contributed by atoms with E-state index >= 15 is 0 Å². The zero-order chi connectivity index (χ0) is 13.8. The summed E-state index contributed by atoms with van der Waals surface area (Å²) in [7, 11) is 0. The molecule has 0 aliphatic rings. The molecule has 1 atom stereocenters. The molecule has 0 aliphatic carbocycles. The Bertz CT molecular complexity index is 553. The standard InChI is InChI=1S/C13H16Br2N4/c1-2-6-19-13(11(15)8-17-19)12(18-16)9-4-3-5-10(14)7-9/h3-5,7-8,12,18H,2,6,16H2,1H3. The van der Waals surface area contributed by atoms with Crippen molar-refractivity contribution in [3.05, 3.63) is 50.7 Å². The lowest BCUT2D eigenvalue weighted by Gasteiger charge is -2.19. The summed E-state index contributed by atoms with van der Waals surface area (Å²) in [6.07, 6.45) is 2.84. The Labute approximate surface area is 129 Å². The summed E-state index contributed by atoms with van der Waals surface area (Å²) in [6.45, 7) is 3.00. The van der Waals surface area contributed by atoms with Crippen molar-refractivity contribution in [3.63, 3.8) is 0 Å². The van der Waals surface area contributed by atoms with E-state index in [9.17, 15) is 0 Å². The maximum absolute atomic E-state index is 5.75. The number of halogens is 2. The molecule has 0 saturated carbocycles. The SMILES string of the molecule is CCCn1ncc(Br)c1C(NN)c1cccc(Br)c1. The lowest BCUT2D eigenvalue weighted by molar-refractivity contribution is 0.519. The van der Waals surface area contributed by atoms with E-state index in [2.05, 4.69) is 55.4 Å². The van der Waals surface area contributed by atoms with Crippen LogP contribution in [0.25, 0.3) is 0 Å². The smallest absolute Gasteiger partial charge is 0.0890 e. The van der Waals surface area contributed by atoms with E-state index in [1.165, 1.54) is 0 Å². The van der Waals surface area contributed by atoms with Gasteiger partial charge in [-0.05, 0) is 40.0 Å². The van der Waals surface area contributed by atoms with Crippen LogP contribution in [-0.4, -0.2) is 9.78 Å². The predicted octanol–water partition coefficient (Wildman–Crippen LogP) is 3.37. The Morgan fingerprint density at radius 1 is 1.42 bits per heavy atom. The zero-order valence-corrected chi connectivity index (χ0v) is 13.8. The van der Waals surface area contributed by atoms with Gasteiger partial charge in [0.05, 0.1) is 22.4 Å². The average Bonchev–Trinajstić information content (AvgIpc) is 2.74. The maximum atomic E-state index is 5.75. The van der Waals surface area contributed by atoms with E-state index in [0.717, 1.165) is 33.2 Å². The molecule has 0 bridgehead atoms. The maximum Gasteiger partial charge on any atom is 0.0890 e. The van der Waals surface area contributed by atoms with Crippen molar-refractivity contribution in [1.29, 1.82) is 0 Å². The summed E-state index contributed by atoms with van der Waals surface area (Å²) in [5.74, 6) is 5.75. The largest absolute Gasteiger partial charge is 0.271 e. The fourth-order valence-electron chi connectivity index (χ4n) is 2.07. The number of nitrogens with two attached hydrogens (primary N) is 1. The van der Waals surface area contributed by atoms with E-state index in [0.29, 0.717) is 0 Å². The highest BCUT2D eigenvalue weighted by Crippen LogP contribution is 2.29. The number of nitrogens with zero attached hydrogens (tertiary/aromatic N) is 2. The van der Waals surface area contributed by atoms with Gasteiger partial charge in [0.15, 0.2) is 0 Å². The topological polar surface area (TPSA) is 55.9 Å². The zero-order valence-electron chi connectivity index (χ0n) is 10.6. The summed E-state index contributed by atoms with van der Waals surface area (Å²) in [4.78, 5) is 0. The second-order valence-electron chi connectivity index (χ2n) is 4.26. The van der Waals surface area contributed by atoms with Crippen LogP contribution in [0.15, 0.2) is 39.4 Å². The molecule has 19 heavy (non-hydrogen) atoms. The number of aromatic nitrogens is 2. The Kier molecular flexibility index (Phi) is 5.15. The molecule has 1 heterocycles. The van der Waals surface area contributed by atoms with Gasteiger partial charge in [-0.3, -0.25) is 10.5 Å². The molecule has 102 valence electrons. The van der Waals surface area contributed by atoms with Crippen LogP contribution in [-0.2, 0) is 6.54 Å². The van der Waals surface area contributed by atoms with Crippen molar-refractivity contribution >= 4 is 31.9 Å². The molecule has 6 heteroatoms. The fourth-order valence-corrected chi connectivity index (χ4v) is 3.01. The summed E-state index contributed by atoms with van der Waals surface area (Å²) in [5.41, 5.74) is 5.01. The van der Waals surface area contributed by atoms with E-state index in [-0.39, 0.29) is 6.04 Å². The Morgan fingerprint density at radius 3 is 2.84 bits per heavy atom. The highest BCUT2D eigenvalue weighted by atomic mass is 79.9. The number of nitrogens with one attached hydrogen (secondary N) is 1. The fraction of sp³-hybridized carbons (Fsp3) is 0.308. The van der Waals surface area contributed by atoms with E-state index in [4.69, 9.17) is 5.84 Å². The van der Waals surface area contributed by atoms with E-state index in [1.54, 1.807) is 0 Å². The first-order valence-corrected chi connectivity index (χ1v) is 7.68. The van der Waals surface area contributed by atoms with Crippen molar-refractivity contribution in [2.45, 2.75) is 25.9 Å². The first-order valence-electron chi connectivity index (χ1n) is 6.10. The quantitative estimate of drug-likeness (QED) is 0.610. The molecule has 1 unspecified atom stereocenters. The normalized spacial score (nSPS) is 12.6. The lowest BCUT2D eigenvalue weighted by Crippen LogP contribution is -2.31. The average molecular weight is 388 g/mol. The van der Waals surface area contributed by atoms with Gasteiger partial charge in [0.25, 0.3) is 0 Å². The van der Waals surface area contributed by atoms with Gasteiger partial charge in [-0.15, -0.1) is 0 Å². The van der Waals surface area contributed by atoms with E-state index in [1.807, 2.05) is 29.1 Å². The van der Waals surface area contributed by atoms with Crippen LogP contribution in [0.5, 0.6) is 0 Å². The predicted molar refractivity (Wildman–Crippen MR) is 83.5 cm³/mol. The van der Waals surface area contributed by atoms with Crippen molar-refractivity contribution in [3.8, 4) is 0 Å². The molecule has 0 amide bonds. The summed E-state index contributed by atoms with van der Waals surface area (Å²) in [5, 5.41) is 4.38. The third kappa shape index (κ3) is 3.25. The number of hydrazine groups is 1. The van der Waals surface area contributed by atoms with Crippen molar-refractivity contribution in [2.75, 3.05) is 0 Å².